The number of aliphatic carboxylic acids is 1. The van der Waals surface area contributed by atoms with Crippen LogP contribution < -0.4 is 10.9 Å². The molecule has 9 heteroatoms. The maximum Gasteiger partial charge on any atom is 0.305 e. The number of hydrogen-bond donors (Lipinski definition) is 2. The number of rotatable bonds is 13. The van der Waals surface area contributed by atoms with Gasteiger partial charge in [0.1, 0.15) is 17.7 Å². The molecule has 2 N–H and O–H groups in total. The summed E-state index contributed by atoms with van der Waals surface area (Å²) in [4.78, 5) is 41.3. The van der Waals surface area contributed by atoms with Crippen molar-refractivity contribution in [2.75, 3.05) is 20.6 Å². The molecule has 0 bridgehead atoms. The molecule has 238 valence electrons. The van der Waals surface area contributed by atoms with E-state index in [9.17, 15) is 23.9 Å². The van der Waals surface area contributed by atoms with Gasteiger partial charge in [-0.25, -0.2) is 8.78 Å². The van der Waals surface area contributed by atoms with Crippen molar-refractivity contribution in [2.24, 2.45) is 5.92 Å². The van der Waals surface area contributed by atoms with Crippen LogP contribution in [0.2, 0.25) is 0 Å². The van der Waals surface area contributed by atoms with E-state index in [0.29, 0.717) is 41.5 Å². The monoisotopic (exact) mass is 609 g/mol. The molecule has 0 aliphatic heterocycles. The molecular weight excluding hydrogens is 564 g/mol. The maximum atomic E-state index is 15.7. The molecular formula is C35H45F2N3O4. The number of carboxylic acids is 1. The molecule has 0 spiro atoms. The van der Waals surface area contributed by atoms with E-state index in [1.165, 1.54) is 28.8 Å². The number of amides is 1. The van der Waals surface area contributed by atoms with Gasteiger partial charge in [-0.15, -0.1) is 0 Å². The van der Waals surface area contributed by atoms with Gasteiger partial charge in [0.15, 0.2) is 0 Å². The smallest absolute Gasteiger partial charge is 0.305 e. The summed E-state index contributed by atoms with van der Waals surface area (Å²) >= 11 is 0. The molecule has 2 aromatic carbocycles. The van der Waals surface area contributed by atoms with Crippen LogP contribution in [-0.2, 0) is 16.0 Å². The molecule has 0 radical (unpaired) electrons. The average molecular weight is 610 g/mol. The van der Waals surface area contributed by atoms with Gasteiger partial charge in [-0.2, -0.15) is 0 Å². The van der Waals surface area contributed by atoms with E-state index < -0.39 is 36.2 Å². The minimum absolute atomic E-state index is 0.0180. The number of halogens is 2. The predicted molar refractivity (Wildman–Crippen MR) is 170 cm³/mol. The number of carbonyl (C=O) groups is 2. The zero-order valence-electron chi connectivity index (χ0n) is 27.1. The lowest BCUT2D eigenvalue weighted by molar-refractivity contribution is -0.138. The number of aromatic nitrogens is 1. The summed E-state index contributed by atoms with van der Waals surface area (Å²) in [5.74, 6) is -2.55. The molecule has 1 amide bonds. The summed E-state index contributed by atoms with van der Waals surface area (Å²) < 4.78 is 31.2. The molecule has 1 heterocycles. The van der Waals surface area contributed by atoms with Crippen LogP contribution in [0.1, 0.15) is 78.6 Å². The van der Waals surface area contributed by atoms with E-state index in [1.54, 1.807) is 33.0 Å². The van der Waals surface area contributed by atoms with Crippen LogP contribution in [0.3, 0.4) is 0 Å². The zero-order chi connectivity index (χ0) is 32.9. The summed E-state index contributed by atoms with van der Waals surface area (Å²) in [5.41, 5.74) is 4.32. The van der Waals surface area contributed by atoms with E-state index in [0.717, 1.165) is 17.7 Å². The molecule has 0 saturated carbocycles. The minimum Gasteiger partial charge on any atom is -0.481 e. The van der Waals surface area contributed by atoms with Gasteiger partial charge in [0, 0.05) is 24.4 Å². The highest BCUT2D eigenvalue weighted by Crippen LogP contribution is 2.34. The second-order valence-corrected chi connectivity index (χ2v) is 12.5. The maximum absolute atomic E-state index is 15.7. The van der Waals surface area contributed by atoms with Gasteiger partial charge in [0.2, 0.25) is 5.91 Å². The van der Waals surface area contributed by atoms with Crippen LogP contribution >= 0.6 is 0 Å². The number of hydrogen-bond acceptors (Lipinski definition) is 4. The first-order chi connectivity index (χ1) is 20.6. The highest BCUT2D eigenvalue weighted by atomic mass is 19.1. The summed E-state index contributed by atoms with van der Waals surface area (Å²) in [6.07, 6.45) is 2.82. The lowest BCUT2D eigenvalue weighted by Crippen LogP contribution is -2.40. The third kappa shape index (κ3) is 8.62. The molecule has 0 saturated heterocycles. The molecule has 0 aliphatic rings. The summed E-state index contributed by atoms with van der Waals surface area (Å²) in [6, 6.07) is 5.34. The fraction of sp³-hybridized carbons (Fsp3) is 0.457. The number of likely N-dealkylation sites (N-methyl/N-ethyl adjacent to an activating group) is 1. The van der Waals surface area contributed by atoms with Crippen molar-refractivity contribution in [3.05, 3.63) is 91.9 Å². The van der Waals surface area contributed by atoms with Crippen molar-refractivity contribution in [3.63, 3.8) is 0 Å². The molecule has 0 fully saturated rings. The van der Waals surface area contributed by atoms with E-state index in [1.807, 2.05) is 39.8 Å². The SMILES string of the molecule is Cc1cc(=O)n(C(CCC(C)C)C(=O)NC(CC(=O)O)c2cc(-c3c(C)cc(F)cc3C)cc(C)c2F)cc1CCN(C)C. The van der Waals surface area contributed by atoms with Crippen LogP contribution in [0.5, 0.6) is 0 Å². The first kappa shape index (κ1) is 34.6. The van der Waals surface area contributed by atoms with Crippen LogP contribution in [-0.4, -0.2) is 47.1 Å². The molecule has 3 rings (SSSR count). The van der Waals surface area contributed by atoms with E-state index >= 15 is 4.39 Å². The Morgan fingerprint density at radius 1 is 0.932 bits per heavy atom. The lowest BCUT2D eigenvalue weighted by Gasteiger charge is -2.26. The zero-order valence-corrected chi connectivity index (χ0v) is 27.1. The molecule has 2 atom stereocenters. The minimum atomic E-state index is -1.22. The normalized spacial score (nSPS) is 12.9. The van der Waals surface area contributed by atoms with E-state index in [4.69, 9.17) is 0 Å². The fourth-order valence-electron chi connectivity index (χ4n) is 5.66. The predicted octanol–water partition coefficient (Wildman–Crippen LogP) is 6.44. The van der Waals surface area contributed by atoms with Gasteiger partial charge in [-0.05, 0) is 130 Å². The van der Waals surface area contributed by atoms with Crippen molar-refractivity contribution in [3.8, 4) is 11.1 Å². The van der Waals surface area contributed by atoms with Crippen molar-refractivity contribution < 1.29 is 23.5 Å². The number of carbonyl (C=O) groups excluding carboxylic acids is 1. The quantitative estimate of drug-likeness (QED) is 0.233. The Kier molecular flexibility index (Phi) is 11.6. The summed E-state index contributed by atoms with van der Waals surface area (Å²) in [6.45, 7) is 11.7. The van der Waals surface area contributed by atoms with Crippen molar-refractivity contribution in [2.45, 2.75) is 79.3 Å². The van der Waals surface area contributed by atoms with Crippen LogP contribution in [0.15, 0.2) is 41.3 Å². The first-order valence-electron chi connectivity index (χ1n) is 15.0. The Morgan fingerprint density at radius 2 is 1.57 bits per heavy atom. The lowest BCUT2D eigenvalue weighted by atomic mass is 9.90. The van der Waals surface area contributed by atoms with E-state index in [2.05, 4.69) is 5.32 Å². The standard InChI is InChI=1S/C35H45F2N3O4/c1-20(2)9-10-30(40-19-25(11-12-39(7)8)21(3)16-31(40)41)35(44)38-29(18-32(42)43)28-17-26(13-24(6)34(28)37)33-22(4)14-27(36)15-23(33)5/h13-17,19-20,29-30H,9-12,18H2,1-8H3,(H,38,44)(H,42,43). The van der Waals surface area contributed by atoms with Gasteiger partial charge < -0.3 is 19.9 Å². The van der Waals surface area contributed by atoms with Crippen LogP contribution in [0.25, 0.3) is 11.1 Å². The van der Waals surface area contributed by atoms with Gasteiger partial charge in [0.25, 0.3) is 5.56 Å². The third-order valence-electron chi connectivity index (χ3n) is 8.02. The summed E-state index contributed by atoms with van der Waals surface area (Å²) in [5, 5.41) is 12.6. The highest BCUT2D eigenvalue weighted by molar-refractivity contribution is 5.82. The van der Waals surface area contributed by atoms with Gasteiger partial charge in [-0.1, -0.05) is 13.8 Å². The van der Waals surface area contributed by atoms with Crippen molar-refractivity contribution in [1.29, 1.82) is 0 Å². The number of nitrogens with one attached hydrogen (secondary N) is 1. The highest BCUT2D eigenvalue weighted by Gasteiger charge is 2.29. The third-order valence-corrected chi connectivity index (χ3v) is 8.02. The Balaban J connectivity index is 2.10. The second-order valence-electron chi connectivity index (χ2n) is 12.5. The fourth-order valence-corrected chi connectivity index (χ4v) is 5.66. The van der Waals surface area contributed by atoms with Gasteiger partial charge >= 0.3 is 5.97 Å². The second kappa shape index (κ2) is 14.8. The molecule has 3 aromatic rings. The number of pyridine rings is 1. The van der Waals surface area contributed by atoms with Crippen LogP contribution in [0.4, 0.5) is 8.78 Å². The summed E-state index contributed by atoms with van der Waals surface area (Å²) in [7, 11) is 3.92. The van der Waals surface area contributed by atoms with E-state index in [-0.39, 0.29) is 28.4 Å². The molecule has 44 heavy (non-hydrogen) atoms. The molecule has 0 aliphatic carbocycles. The van der Waals surface area contributed by atoms with Crippen molar-refractivity contribution in [1.82, 2.24) is 14.8 Å². The molecule has 2 unspecified atom stereocenters. The topological polar surface area (TPSA) is 91.6 Å². The van der Waals surface area contributed by atoms with Crippen LogP contribution in [0, 0.1) is 45.2 Å². The Labute approximate surface area is 258 Å². The number of aryl methyl sites for hydroxylation is 4. The average Bonchev–Trinajstić information content (AvgIpc) is 2.89. The Morgan fingerprint density at radius 3 is 2.14 bits per heavy atom. The van der Waals surface area contributed by atoms with Crippen molar-refractivity contribution >= 4 is 11.9 Å². The van der Waals surface area contributed by atoms with Gasteiger partial charge in [0.05, 0.1) is 12.5 Å². The number of benzene rings is 2. The molecule has 1 aromatic heterocycles. The number of nitrogens with zero attached hydrogens (tertiary/aromatic N) is 2. The number of carboxylic acid groups (broad SMARTS) is 1. The largest absolute Gasteiger partial charge is 0.481 e. The van der Waals surface area contributed by atoms with Gasteiger partial charge in [-0.3, -0.25) is 14.4 Å². The Hall–Kier alpha value is -3.85. The Bertz CT molecular complexity index is 1560. The molecule has 7 nitrogen and oxygen atoms in total. The first-order valence-corrected chi connectivity index (χ1v) is 15.0.